The first-order chi connectivity index (χ1) is 15.1. The summed E-state index contributed by atoms with van der Waals surface area (Å²) in [6, 6.07) is 25.5. The molecule has 1 amide bonds. The summed E-state index contributed by atoms with van der Waals surface area (Å²) < 4.78 is 5.20. The molecule has 0 bridgehead atoms. The third-order valence-corrected chi connectivity index (χ3v) is 4.98. The number of ether oxygens (including phenoxy) is 1. The lowest BCUT2D eigenvalue weighted by Crippen LogP contribution is -2.30. The van der Waals surface area contributed by atoms with E-state index in [0.717, 1.165) is 28.0 Å². The lowest BCUT2D eigenvalue weighted by atomic mass is 10.0. The maximum absolute atomic E-state index is 12.3. The SMILES string of the molecule is COc1ccc(-c2ccc(-c3nnn(CC(=O)N[C@@H](C)c4ccccc4)n3)cc2)cc1. The molecule has 4 aromatic rings. The number of tetrazole rings is 1. The van der Waals surface area contributed by atoms with Crippen LogP contribution >= 0.6 is 0 Å². The van der Waals surface area contributed by atoms with Crippen molar-refractivity contribution in [2.75, 3.05) is 7.11 Å². The molecule has 1 N–H and O–H groups in total. The largest absolute Gasteiger partial charge is 0.497 e. The van der Waals surface area contributed by atoms with Crippen LogP contribution in [0, 0.1) is 0 Å². The number of aromatic nitrogens is 4. The Morgan fingerprint density at radius 2 is 1.55 bits per heavy atom. The molecule has 3 aromatic carbocycles. The number of nitrogens with zero attached hydrogens (tertiary/aromatic N) is 4. The number of nitrogens with one attached hydrogen (secondary N) is 1. The molecule has 0 unspecified atom stereocenters. The quantitative estimate of drug-likeness (QED) is 0.497. The monoisotopic (exact) mass is 413 g/mol. The fourth-order valence-electron chi connectivity index (χ4n) is 3.26. The molecule has 0 aliphatic carbocycles. The van der Waals surface area contributed by atoms with E-state index in [-0.39, 0.29) is 18.5 Å². The minimum atomic E-state index is -0.171. The molecule has 0 saturated heterocycles. The molecule has 7 nitrogen and oxygen atoms in total. The summed E-state index contributed by atoms with van der Waals surface area (Å²) in [5.74, 6) is 1.13. The summed E-state index contributed by atoms with van der Waals surface area (Å²) in [4.78, 5) is 13.6. The number of hydrogen-bond donors (Lipinski definition) is 1. The number of carbonyl (C=O) groups is 1. The highest BCUT2D eigenvalue weighted by molar-refractivity contribution is 5.76. The maximum Gasteiger partial charge on any atom is 0.244 e. The highest BCUT2D eigenvalue weighted by Gasteiger charge is 2.13. The summed E-state index contributed by atoms with van der Waals surface area (Å²) in [5.41, 5.74) is 4.04. The van der Waals surface area contributed by atoms with Gasteiger partial charge in [-0.15, -0.1) is 10.2 Å². The third kappa shape index (κ3) is 4.95. The Morgan fingerprint density at radius 3 is 2.19 bits per heavy atom. The van der Waals surface area contributed by atoms with Gasteiger partial charge in [0.25, 0.3) is 0 Å². The molecular formula is C24H23N5O2. The zero-order chi connectivity index (χ0) is 21.6. The van der Waals surface area contributed by atoms with E-state index in [2.05, 4.69) is 20.7 Å². The van der Waals surface area contributed by atoms with Crippen LogP contribution in [0.4, 0.5) is 0 Å². The number of carbonyl (C=O) groups excluding carboxylic acids is 1. The molecule has 31 heavy (non-hydrogen) atoms. The van der Waals surface area contributed by atoms with Gasteiger partial charge in [0.15, 0.2) is 0 Å². The molecule has 0 spiro atoms. The average Bonchev–Trinajstić information content (AvgIpc) is 3.28. The van der Waals surface area contributed by atoms with Gasteiger partial charge in [-0.05, 0) is 41.0 Å². The molecule has 1 aromatic heterocycles. The van der Waals surface area contributed by atoms with Gasteiger partial charge in [-0.2, -0.15) is 4.80 Å². The Bertz CT molecular complexity index is 1140. The number of hydrogen-bond acceptors (Lipinski definition) is 5. The van der Waals surface area contributed by atoms with Crippen molar-refractivity contribution in [2.45, 2.75) is 19.5 Å². The average molecular weight is 413 g/mol. The van der Waals surface area contributed by atoms with Crippen LogP contribution in [0.15, 0.2) is 78.9 Å². The molecule has 0 saturated carbocycles. The molecule has 0 radical (unpaired) electrons. The molecule has 4 rings (SSSR count). The lowest BCUT2D eigenvalue weighted by molar-refractivity contribution is -0.122. The second kappa shape index (κ2) is 9.21. The Balaban J connectivity index is 1.39. The highest BCUT2D eigenvalue weighted by Crippen LogP contribution is 2.24. The zero-order valence-corrected chi connectivity index (χ0v) is 17.4. The second-order valence-electron chi connectivity index (χ2n) is 7.15. The van der Waals surface area contributed by atoms with Gasteiger partial charge in [-0.25, -0.2) is 0 Å². The molecule has 7 heteroatoms. The standard InChI is InChI=1S/C24H23N5O2/c1-17(18-6-4-3-5-7-18)25-23(30)16-29-27-24(26-28-29)21-10-8-19(9-11-21)20-12-14-22(31-2)15-13-20/h3-15,17H,16H2,1-2H3,(H,25,30)/t17-/m0/s1. The predicted octanol–water partition coefficient (Wildman–Crippen LogP) is 3.89. The van der Waals surface area contributed by atoms with Gasteiger partial charge in [0.05, 0.1) is 13.2 Å². The van der Waals surface area contributed by atoms with Gasteiger partial charge in [0, 0.05) is 5.56 Å². The van der Waals surface area contributed by atoms with Crippen LogP contribution in [-0.4, -0.2) is 33.2 Å². The first kappa shape index (κ1) is 20.3. The van der Waals surface area contributed by atoms with Crippen molar-refractivity contribution < 1.29 is 9.53 Å². The molecule has 156 valence electrons. The van der Waals surface area contributed by atoms with Crippen molar-refractivity contribution in [3.05, 3.63) is 84.4 Å². The Labute approximate surface area is 180 Å². The van der Waals surface area contributed by atoms with Crippen molar-refractivity contribution in [3.8, 4) is 28.3 Å². The van der Waals surface area contributed by atoms with Gasteiger partial charge in [0.2, 0.25) is 11.7 Å². The van der Waals surface area contributed by atoms with E-state index in [1.54, 1.807) is 7.11 Å². The molecule has 0 aliphatic heterocycles. The summed E-state index contributed by atoms with van der Waals surface area (Å²) in [5, 5.41) is 15.4. The van der Waals surface area contributed by atoms with E-state index in [1.807, 2.05) is 85.8 Å². The Kier molecular flexibility index (Phi) is 6.03. The predicted molar refractivity (Wildman–Crippen MR) is 118 cm³/mol. The van der Waals surface area contributed by atoms with Crippen molar-refractivity contribution >= 4 is 5.91 Å². The second-order valence-corrected chi connectivity index (χ2v) is 7.15. The van der Waals surface area contributed by atoms with Crippen molar-refractivity contribution in [3.63, 3.8) is 0 Å². The van der Waals surface area contributed by atoms with E-state index in [9.17, 15) is 4.79 Å². The summed E-state index contributed by atoms with van der Waals surface area (Å²) >= 11 is 0. The van der Waals surface area contributed by atoms with E-state index >= 15 is 0 Å². The molecular weight excluding hydrogens is 390 g/mol. The maximum atomic E-state index is 12.3. The van der Waals surface area contributed by atoms with E-state index in [4.69, 9.17) is 4.74 Å². The number of rotatable bonds is 7. The van der Waals surface area contributed by atoms with Gasteiger partial charge in [-0.1, -0.05) is 66.7 Å². The van der Waals surface area contributed by atoms with E-state index < -0.39 is 0 Å². The molecule has 1 heterocycles. The normalized spacial score (nSPS) is 11.7. The first-order valence-electron chi connectivity index (χ1n) is 9.99. The van der Waals surface area contributed by atoms with E-state index in [0.29, 0.717) is 5.82 Å². The van der Waals surface area contributed by atoms with Gasteiger partial charge in [-0.3, -0.25) is 4.79 Å². The lowest BCUT2D eigenvalue weighted by Gasteiger charge is -2.13. The third-order valence-electron chi connectivity index (χ3n) is 4.98. The fraction of sp³-hybridized carbons (Fsp3) is 0.167. The zero-order valence-electron chi connectivity index (χ0n) is 17.4. The van der Waals surface area contributed by atoms with Crippen molar-refractivity contribution in [2.24, 2.45) is 0 Å². The van der Waals surface area contributed by atoms with Crippen LogP contribution in [0.25, 0.3) is 22.5 Å². The van der Waals surface area contributed by atoms with Crippen molar-refractivity contribution in [1.82, 2.24) is 25.5 Å². The number of amides is 1. The smallest absolute Gasteiger partial charge is 0.244 e. The fourth-order valence-corrected chi connectivity index (χ4v) is 3.26. The van der Waals surface area contributed by atoms with Crippen LogP contribution in [0.5, 0.6) is 5.75 Å². The number of benzene rings is 3. The van der Waals surface area contributed by atoms with Gasteiger partial charge < -0.3 is 10.1 Å². The van der Waals surface area contributed by atoms with E-state index in [1.165, 1.54) is 4.80 Å². The van der Waals surface area contributed by atoms with Crippen LogP contribution in [0.2, 0.25) is 0 Å². The van der Waals surface area contributed by atoms with Crippen LogP contribution in [0.1, 0.15) is 18.5 Å². The minimum Gasteiger partial charge on any atom is -0.497 e. The Hall–Kier alpha value is -4.00. The minimum absolute atomic E-state index is 0.00804. The topological polar surface area (TPSA) is 81.9 Å². The molecule has 0 aliphatic rings. The molecule has 1 atom stereocenters. The van der Waals surface area contributed by atoms with Crippen LogP contribution in [0.3, 0.4) is 0 Å². The first-order valence-corrected chi connectivity index (χ1v) is 9.99. The summed E-state index contributed by atoms with van der Waals surface area (Å²) in [6.45, 7) is 1.95. The number of methoxy groups -OCH3 is 1. The summed E-state index contributed by atoms with van der Waals surface area (Å²) in [6.07, 6.45) is 0. The highest BCUT2D eigenvalue weighted by atomic mass is 16.5. The van der Waals surface area contributed by atoms with Crippen molar-refractivity contribution in [1.29, 1.82) is 0 Å². The Morgan fingerprint density at radius 1 is 0.935 bits per heavy atom. The van der Waals surface area contributed by atoms with Gasteiger partial charge >= 0.3 is 0 Å². The van der Waals surface area contributed by atoms with Crippen LogP contribution < -0.4 is 10.1 Å². The van der Waals surface area contributed by atoms with Crippen LogP contribution in [-0.2, 0) is 11.3 Å². The summed E-state index contributed by atoms with van der Waals surface area (Å²) in [7, 11) is 1.65. The van der Waals surface area contributed by atoms with Gasteiger partial charge in [0.1, 0.15) is 12.3 Å². The molecule has 0 fully saturated rings.